The zero-order valence-electron chi connectivity index (χ0n) is 6.94. The second-order valence-electron chi connectivity index (χ2n) is 2.51. The Morgan fingerprint density at radius 1 is 1.46 bits per heavy atom. The molecular weight excluding hydrogens is 228 g/mol. The highest BCUT2D eigenvalue weighted by atomic mass is 79.9. The summed E-state index contributed by atoms with van der Waals surface area (Å²) in [6.07, 6.45) is 5.99. The number of aliphatic hydroxyl groups is 1. The maximum absolute atomic E-state index is 9.24. The fourth-order valence-corrected chi connectivity index (χ4v) is 1.26. The molecule has 1 aromatic rings. The average Bonchev–Trinajstić information content (AvgIpc) is 2.18. The van der Waals surface area contributed by atoms with Crippen molar-refractivity contribution in [1.29, 1.82) is 0 Å². The molecule has 0 fully saturated rings. The number of hydrogen-bond donors (Lipinski definition) is 1. The van der Waals surface area contributed by atoms with E-state index in [2.05, 4.69) is 21.9 Å². The second-order valence-corrected chi connectivity index (χ2v) is 3.42. The van der Waals surface area contributed by atoms with Crippen molar-refractivity contribution < 1.29 is 5.11 Å². The van der Waals surface area contributed by atoms with E-state index in [1.807, 2.05) is 30.3 Å². The topological polar surface area (TPSA) is 20.2 Å². The Balaban J connectivity index is 2.84. The van der Waals surface area contributed by atoms with Gasteiger partial charge in [-0.25, -0.2) is 0 Å². The highest BCUT2D eigenvalue weighted by Gasteiger charge is 2.02. The smallest absolute Gasteiger partial charge is 0.146 e. The molecule has 1 atom stereocenters. The van der Waals surface area contributed by atoms with Crippen LogP contribution < -0.4 is 0 Å². The van der Waals surface area contributed by atoms with Gasteiger partial charge in [0.25, 0.3) is 0 Å². The van der Waals surface area contributed by atoms with Crippen LogP contribution in [-0.2, 0) is 0 Å². The molecule has 0 spiro atoms. The summed E-state index contributed by atoms with van der Waals surface area (Å²) >= 11 is 3.21. The number of hydrogen-bond acceptors (Lipinski definition) is 1. The Kier molecular flexibility index (Phi) is 3.75. The van der Waals surface area contributed by atoms with Gasteiger partial charge in [0, 0.05) is 4.48 Å². The summed E-state index contributed by atoms with van der Waals surface area (Å²) in [6.45, 7) is 0. The van der Waals surface area contributed by atoms with Gasteiger partial charge in [0.1, 0.15) is 6.10 Å². The van der Waals surface area contributed by atoms with Crippen molar-refractivity contribution in [3.8, 4) is 12.3 Å². The van der Waals surface area contributed by atoms with Gasteiger partial charge < -0.3 is 5.11 Å². The first-order valence-corrected chi connectivity index (χ1v) is 4.59. The van der Waals surface area contributed by atoms with Crippen LogP contribution in [0, 0.1) is 12.3 Å². The van der Waals surface area contributed by atoms with E-state index in [9.17, 15) is 5.11 Å². The Hall–Kier alpha value is -1.04. The predicted octanol–water partition coefficient (Wildman–Crippen LogP) is 2.42. The summed E-state index contributed by atoms with van der Waals surface area (Å²) < 4.78 is 0.598. The third kappa shape index (κ3) is 3.06. The summed E-state index contributed by atoms with van der Waals surface area (Å²) in [5.74, 6) is 2.23. The van der Waals surface area contributed by atoms with Crippen LogP contribution in [0.15, 0.2) is 34.8 Å². The summed E-state index contributed by atoms with van der Waals surface area (Å²) in [5, 5.41) is 9.24. The molecule has 66 valence electrons. The number of aliphatic hydroxyl groups excluding tert-OH is 1. The number of benzene rings is 1. The zero-order valence-corrected chi connectivity index (χ0v) is 8.53. The van der Waals surface area contributed by atoms with Gasteiger partial charge in [-0.3, -0.25) is 0 Å². The normalized spacial score (nSPS) is 13.5. The molecule has 1 unspecified atom stereocenters. The molecule has 0 aliphatic carbocycles. The molecule has 2 heteroatoms. The summed E-state index contributed by atoms with van der Waals surface area (Å²) in [7, 11) is 0. The van der Waals surface area contributed by atoms with Crippen molar-refractivity contribution in [3.05, 3.63) is 40.4 Å². The fraction of sp³-hybridized carbons (Fsp3) is 0.0909. The lowest BCUT2D eigenvalue weighted by molar-refractivity contribution is 0.279. The fourth-order valence-electron chi connectivity index (χ4n) is 0.867. The minimum atomic E-state index is -0.861. The van der Waals surface area contributed by atoms with E-state index in [1.54, 1.807) is 6.08 Å². The molecule has 0 heterocycles. The van der Waals surface area contributed by atoms with Gasteiger partial charge in [-0.05, 0) is 11.6 Å². The molecule has 0 aliphatic heterocycles. The van der Waals surface area contributed by atoms with Gasteiger partial charge in [-0.1, -0.05) is 52.2 Å². The lowest BCUT2D eigenvalue weighted by Gasteiger charge is -2.00. The van der Waals surface area contributed by atoms with E-state index in [1.165, 1.54) is 0 Å². The van der Waals surface area contributed by atoms with E-state index in [4.69, 9.17) is 6.42 Å². The molecule has 1 aromatic carbocycles. The second kappa shape index (κ2) is 4.86. The van der Waals surface area contributed by atoms with Crippen molar-refractivity contribution in [3.63, 3.8) is 0 Å². The van der Waals surface area contributed by atoms with Crippen molar-refractivity contribution in [2.75, 3.05) is 0 Å². The number of rotatable bonds is 2. The van der Waals surface area contributed by atoms with E-state index >= 15 is 0 Å². The molecule has 1 N–H and O–H groups in total. The van der Waals surface area contributed by atoms with E-state index in [0.717, 1.165) is 5.56 Å². The SMILES string of the molecule is C#CC(O)C(Br)=Cc1ccccc1. The van der Waals surface area contributed by atoms with Crippen molar-refractivity contribution >= 4 is 22.0 Å². The van der Waals surface area contributed by atoms with Crippen molar-refractivity contribution in [2.45, 2.75) is 6.10 Å². The summed E-state index contributed by atoms with van der Waals surface area (Å²) in [4.78, 5) is 0. The lowest BCUT2D eigenvalue weighted by atomic mass is 10.2. The van der Waals surface area contributed by atoms with Crippen LogP contribution in [0.1, 0.15) is 5.56 Å². The molecule has 0 amide bonds. The summed E-state index contributed by atoms with van der Waals surface area (Å²) in [6, 6.07) is 9.65. The van der Waals surface area contributed by atoms with Crippen LogP contribution in [0.25, 0.3) is 6.08 Å². The van der Waals surface area contributed by atoms with Crippen LogP contribution >= 0.6 is 15.9 Å². The Morgan fingerprint density at radius 2 is 2.08 bits per heavy atom. The van der Waals surface area contributed by atoms with Gasteiger partial charge in [0.05, 0.1) is 0 Å². The zero-order chi connectivity index (χ0) is 9.68. The molecule has 1 rings (SSSR count). The first-order chi connectivity index (χ1) is 6.24. The van der Waals surface area contributed by atoms with E-state index < -0.39 is 6.10 Å². The van der Waals surface area contributed by atoms with Gasteiger partial charge in [-0.2, -0.15) is 0 Å². The Labute approximate surface area is 86.2 Å². The van der Waals surface area contributed by atoms with Gasteiger partial charge in [0.15, 0.2) is 0 Å². The molecule has 0 saturated heterocycles. The van der Waals surface area contributed by atoms with Crippen LogP contribution in [0.3, 0.4) is 0 Å². The van der Waals surface area contributed by atoms with Gasteiger partial charge >= 0.3 is 0 Å². The largest absolute Gasteiger partial charge is 0.376 e. The van der Waals surface area contributed by atoms with Crippen LogP contribution in [0.5, 0.6) is 0 Å². The van der Waals surface area contributed by atoms with Crippen LogP contribution in [0.2, 0.25) is 0 Å². The van der Waals surface area contributed by atoms with Crippen LogP contribution in [-0.4, -0.2) is 11.2 Å². The summed E-state index contributed by atoms with van der Waals surface area (Å²) in [5.41, 5.74) is 1.00. The van der Waals surface area contributed by atoms with Crippen LogP contribution in [0.4, 0.5) is 0 Å². The first kappa shape index (κ1) is 10.0. The molecular formula is C11H9BrO. The molecule has 13 heavy (non-hydrogen) atoms. The van der Waals surface area contributed by atoms with Crippen molar-refractivity contribution in [2.24, 2.45) is 0 Å². The molecule has 0 bridgehead atoms. The molecule has 0 aliphatic rings. The monoisotopic (exact) mass is 236 g/mol. The quantitative estimate of drug-likeness (QED) is 0.783. The predicted molar refractivity (Wildman–Crippen MR) is 58.2 cm³/mol. The number of halogens is 1. The Morgan fingerprint density at radius 3 is 2.62 bits per heavy atom. The molecule has 0 aromatic heterocycles. The van der Waals surface area contributed by atoms with Crippen molar-refractivity contribution in [1.82, 2.24) is 0 Å². The van der Waals surface area contributed by atoms with Gasteiger partial charge in [-0.15, -0.1) is 6.42 Å². The third-order valence-electron chi connectivity index (χ3n) is 1.52. The minimum Gasteiger partial charge on any atom is -0.376 e. The highest BCUT2D eigenvalue weighted by Crippen LogP contribution is 2.15. The average molecular weight is 237 g/mol. The standard InChI is InChI=1S/C11H9BrO/c1-2-11(13)10(12)8-9-6-4-3-5-7-9/h1,3-8,11,13H. The van der Waals surface area contributed by atoms with E-state index in [-0.39, 0.29) is 0 Å². The molecule has 0 radical (unpaired) electrons. The highest BCUT2D eigenvalue weighted by molar-refractivity contribution is 9.11. The van der Waals surface area contributed by atoms with E-state index in [0.29, 0.717) is 4.48 Å². The minimum absolute atomic E-state index is 0.598. The molecule has 0 saturated carbocycles. The third-order valence-corrected chi connectivity index (χ3v) is 2.19. The molecule has 1 nitrogen and oxygen atoms in total. The maximum Gasteiger partial charge on any atom is 0.146 e. The Bertz CT molecular complexity index is 335. The lowest BCUT2D eigenvalue weighted by Crippen LogP contribution is -2.00. The van der Waals surface area contributed by atoms with Gasteiger partial charge in [0.2, 0.25) is 0 Å². The number of terminal acetylenes is 1. The maximum atomic E-state index is 9.24. The first-order valence-electron chi connectivity index (χ1n) is 3.80.